The average molecular weight is 482 g/mol. The molecule has 2 N–H and O–H groups in total. The Morgan fingerprint density at radius 2 is 1.76 bits per heavy atom. The van der Waals surface area contributed by atoms with Crippen molar-refractivity contribution >= 4 is 23.4 Å². The van der Waals surface area contributed by atoms with Crippen molar-refractivity contribution in [1.29, 1.82) is 0 Å². The smallest absolute Gasteiger partial charge is 0.231 e. The second kappa shape index (κ2) is 11.4. The zero-order valence-electron chi connectivity index (χ0n) is 19.3. The summed E-state index contributed by atoms with van der Waals surface area (Å²) < 4.78 is 25.6. The van der Waals surface area contributed by atoms with Crippen molar-refractivity contribution in [3.8, 4) is 17.2 Å². The SMILES string of the molecule is c1cc(CN2CCCCC2)cc(OCCCNc2nsnc2NCc2ccc3c(c2)OCO3)c1. The molecule has 0 aliphatic carbocycles. The minimum absolute atomic E-state index is 0.282. The van der Waals surface area contributed by atoms with Gasteiger partial charge in [-0.15, -0.1) is 0 Å². The summed E-state index contributed by atoms with van der Waals surface area (Å²) in [6.45, 7) is 5.75. The first-order valence-electron chi connectivity index (χ1n) is 12.0. The molecule has 2 aliphatic heterocycles. The third-order valence-corrected chi connectivity index (χ3v) is 6.55. The number of nitrogens with one attached hydrogen (secondary N) is 2. The molecule has 1 fully saturated rings. The number of likely N-dealkylation sites (tertiary alicyclic amines) is 1. The number of anilines is 2. The predicted octanol–water partition coefficient (Wildman–Crippen LogP) is 4.75. The van der Waals surface area contributed by atoms with E-state index in [0.717, 1.165) is 54.0 Å². The second-order valence-corrected chi connectivity index (χ2v) is 9.14. The van der Waals surface area contributed by atoms with Gasteiger partial charge in [-0.2, -0.15) is 8.75 Å². The number of hydrogen-bond acceptors (Lipinski definition) is 9. The maximum Gasteiger partial charge on any atom is 0.231 e. The van der Waals surface area contributed by atoms with Gasteiger partial charge in [0.15, 0.2) is 23.1 Å². The number of aromatic nitrogens is 2. The Morgan fingerprint density at radius 3 is 2.68 bits per heavy atom. The molecular weight excluding hydrogens is 450 g/mol. The molecule has 2 aromatic carbocycles. The summed E-state index contributed by atoms with van der Waals surface area (Å²) in [4.78, 5) is 2.53. The minimum Gasteiger partial charge on any atom is -0.494 e. The Hall–Kier alpha value is -3.04. The van der Waals surface area contributed by atoms with Gasteiger partial charge in [0.1, 0.15) is 5.75 Å². The number of fused-ring (bicyclic) bond motifs is 1. The molecule has 1 aromatic heterocycles. The minimum atomic E-state index is 0.282. The van der Waals surface area contributed by atoms with Gasteiger partial charge < -0.3 is 24.8 Å². The van der Waals surface area contributed by atoms with Gasteiger partial charge in [-0.05, 0) is 67.7 Å². The summed E-state index contributed by atoms with van der Waals surface area (Å²) in [5, 5.41) is 6.72. The van der Waals surface area contributed by atoms with Gasteiger partial charge in [0.25, 0.3) is 0 Å². The maximum absolute atomic E-state index is 6.00. The quantitative estimate of drug-likeness (QED) is 0.380. The molecule has 8 nitrogen and oxygen atoms in total. The van der Waals surface area contributed by atoms with Crippen LogP contribution in [0.5, 0.6) is 17.2 Å². The van der Waals surface area contributed by atoms with E-state index < -0.39 is 0 Å². The van der Waals surface area contributed by atoms with E-state index in [-0.39, 0.29) is 6.79 Å². The molecule has 180 valence electrons. The molecule has 0 unspecified atom stereocenters. The number of hydrogen-bond donors (Lipinski definition) is 2. The highest BCUT2D eigenvalue weighted by molar-refractivity contribution is 6.99. The van der Waals surface area contributed by atoms with Crippen molar-refractivity contribution in [2.45, 2.75) is 38.8 Å². The Balaban J connectivity index is 1.03. The van der Waals surface area contributed by atoms with E-state index in [4.69, 9.17) is 14.2 Å². The van der Waals surface area contributed by atoms with Gasteiger partial charge in [0.05, 0.1) is 18.3 Å². The number of piperidine rings is 1. The first kappa shape index (κ1) is 22.7. The lowest BCUT2D eigenvalue weighted by Gasteiger charge is -2.26. The second-order valence-electron chi connectivity index (χ2n) is 8.62. The Labute approximate surface area is 204 Å². The molecule has 5 rings (SSSR count). The maximum atomic E-state index is 6.00. The fraction of sp³-hybridized carbons (Fsp3) is 0.440. The molecule has 0 atom stereocenters. The lowest BCUT2D eigenvalue weighted by atomic mass is 10.1. The van der Waals surface area contributed by atoms with Crippen LogP contribution in [0.2, 0.25) is 0 Å². The van der Waals surface area contributed by atoms with Crippen LogP contribution in [0.1, 0.15) is 36.8 Å². The predicted molar refractivity (Wildman–Crippen MR) is 134 cm³/mol. The lowest BCUT2D eigenvalue weighted by Crippen LogP contribution is -2.29. The van der Waals surface area contributed by atoms with Gasteiger partial charge in [-0.1, -0.05) is 24.6 Å². The first-order chi connectivity index (χ1) is 16.8. The Bertz CT molecular complexity index is 1070. The molecule has 34 heavy (non-hydrogen) atoms. The van der Waals surface area contributed by atoms with Gasteiger partial charge >= 0.3 is 0 Å². The normalized spacial score (nSPS) is 15.3. The van der Waals surface area contributed by atoms with Crippen molar-refractivity contribution in [2.24, 2.45) is 0 Å². The van der Waals surface area contributed by atoms with E-state index in [9.17, 15) is 0 Å². The van der Waals surface area contributed by atoms with Crippen LogP contribution in [0, 0.1) is 0 Å². The average Bonchev–Trinajstić information content (AvgIpc) is 3.52. The van der Waals surface area contributed by atoms with Crippen LogP contribution >= 0.6 is 11.7 Å². The van der Waals surface area contributed by atoms with E-state index in [2.05, 4.69) is 42.5 Å². The molecule has 1 saturated heterocycles. The highest BCUT2D eigenvalue weighted by Gasteiger charge is 2.14. The highest BCUT2D eigenvalue weighted by Crippen LogP contribution is 2.32. The summed E-state index contributed by atoms with van der Waals surface area (Å²) in [7, 11) is 0. The van der Waals surface area contributed by atoms with Gasteiger partial charge in [0.2, 0.25) is 6.79 Å². The molecule has 2 aliphatic rings. The van der Waals surface area contributed by atoms with Crippen LogP contribution in [0.4, 0.5) is 11.6 Å². The molecule has 3 aromatic rings. The van der Waals surface area contributed by atoms with Crippen molar-refractivity contribution in [2.75, 3.05) is 43.7 Å². The summed E-state index contributed by atoms with van der Waals surface area (Å²) in [6.07, 6.45) is 4.86. The van der Waals surface area contributed by atoms with Crippen molar-refractivity contribution in [1.82, 2.24) is 13.6 Å². The molecular formula is C25H31N5O3S. The Morgan fingerprint density at radius 1 is 0.912 bits per heavy atom. The van der Waals surface area contributed by atoms with Gasteiger partial charge in [-0.25, -0.2) is 0 Å². The topological polar surface area (TPSA) is 80.8 Å². The zero-order valence-corrected chi connectivity index (χ0v) is 20.1. The van der Waals surface area contributed by atoms with E-state index in [1.807, 2.05) is 24.3 Å². The summed E-state index contributed by atoms with van der Waals surface area (Å²) >= 11 is 1.19. The summed E-state index contributed by atoms with van der Waals surface area (Å²) in [5.41, 5.74) is 2.42. The third kappa shape index (κ3) is 6.09. The van der Waals surface area contributed by atoms with E-state index in [1.165, 1.54) is 49.6 Å². The Kier molecular flexibility index (Phi) is 7.62. The van der Waals surface area contributed by atoms with Crippen molar-refractivity contribution in [3.05, 3.63) is 53.6 Å². The van der Waals surface area contributed by atoms with Crippen molar-refractivity contribution in [3.63, 3.8) is 0 Å². The molecule has 0 saturated carbocycles. The molecule has 0 spiro atoms. The van der Waals surface area contributed by atoms with Gasteiger partial charge in [-0.3, -0.25) is 4.90 Å². The summed E-state index contributed by atoms with van der Waals surface area (Å²) in [6, 6.07) is 14.4. The van der Waals surface area contributed by atoms with E-state index in [0.29, 0.717) is 13.2 Å². The number of ether oxygens (including phenoxy) is 3. The highest BCUT2D eigenvalue weighted by atomic mass is 32.1. The largest absolute Gasteiger partial charge is 0.494 e. The molecule has 0 bridgehead atoms. The third-order valence-electron chi connectivity index (χ3n) is 6.02. The van der Waals surface area contributed by atoms with Gasteiger partial charge in [0, 0.05) is 19.6 Å². The van der Waals surface area contributed by atoms with Crippen LogP contribution < -0.4 is 24.8 Å². The molecule has 9 heteroatoms. The number of rotatable bonds is 11. The standard InChI is InChI=1S/C25H31N5O3S/c1-2-11-30(12-3-1)17-20-6-4-7-21(14-20)31-13-5-10-26-24-25(29-34-28-24)27-16-19-8-9-22-23(15-19)33-18-32-22/h4,6-9,14-15H,1-3,5,10-13,16-18H2,(H,26,28)(H,27,29). The first-order valence-corrected chi connectivity index (χ1v) is 12.7. The zero-order chi connectivity index (χ0) is 23.0. The van der Waals surface area contributed by atoms with Crippen LogP contribution in [0.3, 0.4) is 0 Å². The van der Waals surface area contributed by atoms with Crippen LogP contribution in [0.15, 0.2) is 42.5 Å². The number of nitrogens with zero attached hydrogens (tertiary/aromatic N) is 3. The fourth-order valence-corrected chi connectivity index (χ4v) is 4.74. The number of benzene rings is 2. The molecule has 0 radical (unpaired) electrons. The van der Waals surface area contributed by atoms with Crippen LogP contribution in [-0.2, 0) is 13.1 Å². The van der Waals surface area contributed by atoms with E-state index in [1.54, 1.807) is 0 Å². The summed E-state index contributed by atoms with van der Waals surface area (Å²) in [5.74, 6) is 4.04. The van der Waals surface area contributed by atoms with Crippen LogP contribution in [0.25, 0.3) is 0 Å². The fourth-order valence-electron chi connectivity index (χ4n) is 4.24. The molecule has 3 heterocycles. The van der Waals surface area contributed by atoms with E-state index >= 15 is 0 Å². The molecule has 0 amide bonds. The van der Waals surface area contributed by atoms with Crippen molar-refractivity contribution < 1.29 is 14.2 Å². The van der Waals surface area contributed by atoms with Crippen LogP contribution in [-0.4, -0.2) is 46.7 Å². The lowest BCUT2D eigenvalue weighted by molar-refractivity contribution is 0.174. The monoisotopic (exact) mass is 481 g/mol.